The van der Waals surface area contributed by atoms with E-state index >= 15 is 0 Å². The van der Waals surface area contributed by atoms with Gasteiger partial charge in [0.25, 0.3) is 0 Å². The van der Waals surface area contributed by atoms with Gasteiger partial charge in [-0.25, -0.2) is 0 Å². The highest BCUT2D eigenvalue weighted by atomic mass is 16.1. The Morgan fingerprint density at radius 3 is 2.64 bits per heavy atom. The molecule has 6 heteroatoms. The van der Waals surface area contributed by atoms with Gasteiger partial charge in [-0.2, -0.15) is 0 Å². The zero-order valence-corrected chi connectivity index (χ0v) is 16.3. The third kappa shape index (κ3) is 3.56. The number of fused-ring (bicyclic) bond motifs is 1. The molecule has 1 spiro atoms. The lowest BCUT2D eigenvalue weighted by Crippen LogP contribution is -2.38. The Bertz CT molecular complexity index is 1030. The molecule has 0 N–H and O–H groups in total. The quantitative estimate of drug-likeness (QED) is 0.686. The van der Waals surface area contributed by atoms with Gasteiger partial charge in [0.05, 0.1) is 19.2 Å². The van der Waals surface area contributed by atoms with Crippen LogP contribution in [0.25, 0.3) is 22.0 Å². The number of benzene rings is 1. The van der Waals surface area contributed by atoms with Crippen LogP contribution in [-0.4, -0.2) is 50.3 Å². The maximum Gasteiger partial charge on any atom is 0.152 e. The maximum absolute atomic E-state index is 12.6. The lowest BCUT2D eigenvalue weighted by molar-refractivity contribution is -0.120. The fourth-order valence-corrected chi connectivity index (χ4v) is 4.29. The third-order valence-electron chi connectivity index (χ3n) is 6.33. The molecule has 0 radical (unpaired) electrons. The third-order valence-corrected chi connectivity index (χ3v) is 6.33. The van der Waals surface area contributed by atoms with Gasteiger partial charge in [0.2, 0.25) is 0 Å². The number of aryl methyl sites for hydroxylation is 1. The first-order valence-electron chi connectivity index (χ1n) is 10.1. The fraction of sp³-hybridized carbons (Fsp3) is 0.455. The van der Waals surface area contributed by atoms with Gasteiger partial charge in [0, 0.05) is 29.9 Å². The number of rotatable bonds is 5. The molecule has 144 valence electrons. The molecule has 6 nitrogen and oxygen atoms in total. The second-order valence-electron chi connectivity index (χ2n) is 8.51. The van der Waals surface area contributed by atoms with Crippen molar-refractivity contribution in [1.82, 2.24) is 24.9 Å². The van der Waals surface area contributed by atoms with Crippen LogP contribution in [-0.2, 0) is 18.3 Å². The average Bonchev–Trinajstić information content (AvgIpc) is 3.31. The Hall–Kier alpha value is -2.60. The van der Waals surface area contributed by atoms with Crippen molar-refractivity contribution >= 4 is 16.6 Å². The first-order chi connectivity index (χ1) is 13.6. The molecular weight excluding hydrogens is 350 g/mol. The van der Waals surface area contributed by atoms with Gasteiger partial charge in [-0.1, -0.05) is 17.3 Å². The number of hydrogen-bond donors (Lipinski definition) is 0. The maximum atomic E-state index is 12.6. The van der Waals surface area contributed by atoms with Gasteiger partial charge in [-0.15, -0.1) is 5.10 Å². The highest BCUT2D eigenvalue weighted by Gasteiger charge is 2.44. The summed E-state index contributed by atoms with van der Waals surface area (Å²) in [4.78, 5) is 19.4. The van der Waals surface area contributed by atoms with Crippen LogP contribution in [0.5, 0.6) is 0 Å². The topological polar surface area (TPSA) is 63.9 Å². The van der Waals surface area contributed by atoms with Crippen LogP contribution in [0.3, 0.4) is 0 Å². The zero-order chi connectivity index (χ0) is 19.1. The largest absolute Gasteiger partial charge is 0.298 e. The molecule has 1 aliphatic carbocycles. The normalized spacial score (nSPS) is 18.6. The SMILES string of the molecule is Cn1cc(-c2ccc3cnc(CC(=O)CN4CCC5(CC4)CC5)cc3c2)nn1. The van der Waals surface area contributed by atoms with E-state index in [-0.39, 0.29) is 5.78 Å². The van der Waals surface area contributed by atoms with Gasteiger partial charge in [-0.3, -0.25) is 19.4 Å². The Labute approximate surface area is 164 Å². The number of ketones is 1. The number of aromatic nitrogens is 4. The second-order valence-corrected chi connectivity index (χ2v) is 8.51. The molecule has 1 aromatic carbocycles. The summed E-state index contributed by atoms with van der Waals surface area (Å²) >= 11 is 0. The second kappa shape index (κ2) is 6.78. The Morgan fingerprint density at radius 1 is 1.11 bits per heavy atom. The van der Waals surface area contributed by atoms with Crippen LogP contribution in [0.15, 0.2) is 36.7 Å². The number of nitrogens with zero attached hydrogens (tertiary/aromatic N) is 5. The van der Waals surface area contributed by atoms with Crippen molar-refractivity contribution in [2.75, 3.05) is 19.6 Å². The monoisotopic (exact) mass is 375 g/mol. The summed E-state index contributed by atoms with van der Waals surface area (Å²) in [7, 11) is 1.86. The molecule has 28 heavy (non-hydrogen) atoms. The van der Waals surface area contributed by atoms with E-state index in [2.05, 4.69) is 26.3 Å². The smallest absolute Gasteiger partial charge is 0.152 e. The molecule has 2 aromatic heterocycles. The van der Waals surface area contributed by atoms with Crippen molar-refractivity contribution < 1.29 is 4.79 Å². The van der Waals surface area contributed by atoms with E-state index in [4.69, 9.17) is 0 Å². The Morgan fingerprint density at radius 2 is 1.93 bits per heavy atom. The number of Topliss-reactive ketones (excluding diaryl/α,β-unsaturated/α-hetero) is 1. The molecule has 0 atom stereocenters. The summed E-state index contributed by atoms with van der Waals surface area (Å²) in [6.45, 7) is 2.69. The summed E-state index contributed by atoms with van der Waals surface area (Å²) in [5.41, 5.74) is 3.36. The number of likely N-dealkylation sites (tertiary alicyclic amines) is 1. The number of pyridine rings is 1. The zero-order valence-electron chi connectivity index (χ0n) is 16.3. The van der Waals surface area contributed by atoms with Crippen molar-refractivity contribution in [3.63, 3.8) is 0 Å². The summed E-state index contributed by atoms with van der Waals surface area (Å²) in [5.74, 6) is 0.253. The minimum atomic E-state index is 0.253. The minimum Gasteiger partial charge on any atom is -0.298 e. The van der Waals surface area contributed by atoms with E-state index in [0.717, 1.165) is 40.8 Å². The van der Waals surface area contributed by atoms with Crippen LogP contribution in [0, 0.1) is 5.41 Å². The summed E-state index contributed by atoms with van der Waals surface area (Å²) < 4.78 is 1.70. The van der Waals surface area contributed by atoms with E-state index in [0.29, 0.717) is 18.4 Å². The summed E-state index contributed by atoms with van der Waals surface area (Å²) in [6.07, 6.45) is 9.47. The number of carbonyl (C=O) groups excluding carboxylic acids is 1. The number of hydrogen-bond acceptors (Lipinski definition) is 5. The van der Waals surface area contributed by atoms with Crippen LogP contribution >= 0.6 is 0 Å². The molecular formula is C22H25N5O. The van der Waals surface area contributed by atoms with E-state index in [1.807, 2.05) is 37.6 Å². The van der Waals surface area contributed by atoms with Crippen molar-refractivity contribution in [3.05, 3.63) is 42.4 Å². The standard InChI is InChI=1S/C22H25N5O/c1-26-15-21(24-25-26)16-2-3-17-13-23-19(11-18(17)10-16)12-20(28)14-27-8-6-22(4-5-22)7-9-27/h2-3,10-11,13,15H,4-9,12,14H2,1H3. The first kappa shape index (κ1) is 17.5. The summed E-state index contributed by atoms with van der Waals surface area (Å²) in [5, 5.41) is 10.3. The van der Waals surface area contributed by atoms with Crippen LogP contribution in [0.1, 0.15) is 31.4 Å². The van der Waals surface area contributed by atoms with Gasteiger partial charge < -0.3 is 0 Å². The Kier molecular flexibility index (Phi) is 4.23. The van der Waals surface area contributed by atoms with E-state index in [1.165, 1.54) is 25.7 Å². The van der Waals surface area contributed by atoms with E-state index < -0.39 is 0 Å². The molecule has 1 saturated carbocycles. The number of carbonyl (C=O) groups is 1. The highest BCUT2D eigenvalue weighted by molar-refractivity contribution is 5.88. The first-order valence-corrected chi connectivity index (χ1v) is 10.1. The van der Waals surface area contributed by atoms with Gasteiger partial charge in [-0.05, 0) is 61.7 Å². The van der Waals surface area contributed by atoms with Crippen molar-refractivity contribution in [1.29, 1.82) is 0 Å². The number of piperidine rings is 1. The van der Waals surface area contributed by atoms with Crippen LogP contribution < -0.4 is 0 Å². The molecule has 1 saturated heterocycles. The minimum absolute atomic E-state index is 0.253. The fourth-order valence-electron chi connectivity index (χ4n) is 4.29. The van der Waals surface area contributed by atoms with Gasteiger partial charge in [0.15, 0.2) is 5.78 Å². The molecule has 3 heterocycles. The lowest BCUT2D eigenvalue weighted by atomic mass is 9.93. The molecule has 0 unspecified atom stereocenters. The van der Waals surface area contributed by atoms with Gasteiger partial charge >= 0.3 is 0 Å². The molecule has 3 aromatic rings. The Balaban J connectivity index is 1.28. The average molecular weight is 375 g/mol. The van der Waals surface area contributed by atoms with Crippen molar-refractivity contribution in [2.45, 2.75) is 32.1 Å². The van der Waals surface area contributed by atoms with Gasteiger partial charge in [0.1, 0.15) is 5.69 Å². The van der Waals surface area contributed by atoms with Crippen LogP contribution in [0.2, 0.25) is 0 Å². The molecule has 2 aliphatic rings. The van der Waals surface area contributed by atoms with E-state index in [9.17, 15) is 4.79 Å². The predicted molar refractivity (Wildman–Crippen MR) is 108 cm³/mol. The lowest BCUT2D eigenvalue weighted by Gasteiger charge is -2.31. The predicted octanol–water partition coefficient (Wildman–Crippen LogP) is 3.02. The van der Waals surface area contributed by atoms with E-state index in [1.54, 1.807) is 4.68 Å². The molecule has 1 aliphatic heterocycles. The molecule has 0 amide bonds. The van der Waals surface area contributed by atoms with Crippen molar-refractivity contribution in [3.8, 4) is 11.3 Å². The van der Waals surface area contributed by atoms with Crippen molar-refractivity contribution in [2.24, 2.45) is 12.5 Å². The molecule has 0 bridgehead atoms. The molecule has 5 rings (SSSR count). The van der Waals surface area contributed by atoms with Crippen LogP contribution in [0.4, 0.5) is 0 Å². The summed E-state index contributed by atoms with van der Waals surface area (Å²) in [6, 6.07) is 8.19. The highest BCUT2D eigenvalue weighted by Crippen LogP contribution is 2.53. The molecule has 2 fully saturated rings.